The Morgan fingerprint density at radius 2 is 2.00 bits per heavy atom. The van der Waals surface area contributed by atoms with Crippen molar-refractivity contribution in [3.63, 3.8) is 0 Å². The Labute approximate surface area is 127 Å². The maximum atomic E-state index is 11.9. The van der Waals surface area contributed by atoms with Crippen molar-refractivity contribution in [2.75, 3.05) is 6.61 Å². The van der Waals surface area contributed by atoms with E-state index in [1.54, 1.807) is 25.1 Å². The second-order valence-electron chi connectivity index (χ2n) is 4.25. The molecule has 0 saturated carbocycles. The summed E-state index contributed by atoms with van der Waals surface area (Å²) in [6.07, 6.45) is 0.961. The van der Waals surface area contributed by atoms with Gasteiger partial charge in [-0.1, -0.05) is 18.2 Å². The number of nitrogens with one attached hydrogen (secondary N) is 2. The molecule has 0 saturated heterocycles. The molecule has 8 nitrogen and oxygen atoms in total. The molecule has 0 aliphatic rings. The van der Waals surface area contributed by atoms with Gasteiger partial charge in [-0.15, -0.1) is 0 Å². The van der Waals surface area contributed by atoms with E-state index in [0.717, 1.165) is 6.20 Å². The molecular formula is C14H17N3O5. The van der Waals surface area contributed by atoms with Gasteiger partial charge in [0.1, 0.15) is 6.04 Å². The highest BCUT2D eigenvalue weighted by Crippen LogP contribution is 2.00. The zero-order chi connectivity index (χ0) is 16.5. The molecule has 0 aromatic heterocycles. The Balaban J connectivity index is 2.73. The van der Waals surface area contributed by atoms with Gasteiger partial charge < -0.3 is 20.2 Å². The van der Waals surface area contributed by atoms with Crippen molar-refractivity contribution < 1.29 is 19.2 Å². The van der Waals surface area contributed by atoms with E-state index >= 15 is 0 Å². The molecule has 0 heterocycles. The molecule has 0 radical (unpaired) electrons. The van der Waals surface area contributed by atoms with Gasteiger partial charge in [-0.2, -0.15) is 0 Å². The molecule has 0 spiro atoms. The van der Waals surface area contributed by atoms with Crippen LogP contribution in [0.2, 0.25) is 0 Å². The molecule has 118 valence electrons. The SMILES string of the molecule is CCOC(=O)[C@H](C)N/C=C(\NC(=O)c1ccccc1)[N+](=O)[O-]. The molecule has 1 amide bonds. The van der Waals surface area contributed by atoms with Gasteiger partial charge in [0.25, 0.3) is 0 Å². The number of carbonyl (C=O) groups excluding carboxylic acids is 2. The van der Waals surface area contributed by atoms with Gasteiger partial charge in [0.15, 0.2) is 0 Å². The third-order valence-corrected chi connectivity index (χ3v) is 2.58. The predicted molar refractivity (Wildman–Crippen MR) is 78.2 cm³/mol. The first-order valence-corrected chi connectivity index (χ1v) is 6.59. The molecule has 1 rings (SSSR count). The Bertz CT molecular complexity index is 571. The van der Waals surface area contributed by atoms with E-state index in [0.29, 0.717) is 0 Å². The van der Waals surface area contributed by atoms with E-state index in [2.05, 4.69) is 10.6 Å². The van der Waals surface area contributed by atoms with Crippen molar-refractivity contribution >= 4 is 11.9 Å². The number of hydrogen-bond acceptors (Lipinski definition) is 6. The molecule has 22 heavy (non-hydrogen) atoms. The fourth-order valence-corrected chi connectivity index (χ4v) is 1.45. The van der Waals surface area contributed by atoms with Crippen LogP contribution in [0, 0.1) is 10.1 Å². The molecule has 0 fully saturated rings. The van der Waals surface area contributed by atoms with Gasteiger partial charge in [0.2, 0.25) is 0 Å². The lowest BCUT2D eigenvalue weighted by atomic mass is 10.2. The Morgan fingerprint density at radius 3 is 2.55 bits per heavy atom. The van der Waals surface area contributed by atoms with E-state index < -0.39 is 28.7 Å². The van der Waals surface area contributed by atoms with Crippen LogP contribution in [0.1, 0.15) is 24.2 Å². The molecule has 0 unspecified atom stereocenters. The average molecular weight is 307 g/mol. The van der Waals surface area contributed by atoms with Crippen LogP contribution in [0.25, 0.3) is 0 Å². The highest BCUT2D eigenvalue weighted by molar-refractivity contribution is 5.95. The van der Waals surface area contributed by atoms with Crippen molar-refractivity contribution in [2.24, 2.45) is 0 Å². The van der Waals surface area contributed by atoms with Gasteiger partial charge in [-0.3, -0.25) is 0 Å². The van der Waals surface area contributed by atoms with Gasteiger partial charge in [-0.05, 0) is 30.9 Å². The first kappa shape index (κ1) is 17.2. The van der Waals surface area contributed by atoms with Gasteiger partial charge >= 0.3 is 17.7 Å². The second-order valence-corrected chi connectivity index (χ2v) is 4.25. The highest BCUT2D eigenvalue weighted by Gasteiger charge is 2.18. The van der Waals surface area contributed by atoms with E-state index in [9.17, 15) is 19.7 Å². The van der Waals surface area contributed by atoms with E-state index in [4.69, 9.17) is 4.74 Å². The second kappa shape index (κ2) is 8.40. The first-order valence-electron chi connectivity index (χ1n) is 6.59. The predicted octanol–water partition coefficient (Wildman–Crippen LogP) is 1.03. The summed E-state index contributed by atoms with van der Waals surface area (Å²) >= 11 is 0. The Morgan fingerprint density at radius 1 is 1.36 bits per heavy atom. The summed E-state index contributed by atoms with van der Waals surface area (Å²) in [6, 6.07) is 7.30. The van der Waals surface area contributed by atoms with Crippen LogP contribution in [0.4, 0.5) is 0 Å². The fourth-order valence-electron chi connectivity index (χ4n) is 1.45. The largest absolute Gasteiger partial charge is 0.464 e. The average Bonchev–Trinajstić information content (AvgIpc) is 2.51. The van der Waals surface area contributed by atoms with E-state index in [1.165, 1.54) is 19.1 Å². The fraction of sp³-hybridized carbons (Fsp3) is 0.286. The number of esters is 1. The van der Waals surface area contributed by atoms with Crippen molar-refractivity contribution in [2.45, 2.75) is 19.9 Å². The summed E-state index contributed by atoms with van der Waals surface area (Å²) in [5.74, 6) is -1.73. The van der Waals surface area contributed by atoms with Crippen LogP contribution in [0.15, 0.2) is 42.4 Å². The number of amides is 1. The number of nitro groups is 1. The summed E-state index contributed by atoms with van der Waals surface area (Å²) in [5, 5.41) is 15.6. The monoisotopic (exact) mass is 307 g/mol. The molecule has 0 aliphatic carbocycles. The number of ether oxygens (including phenoxy) is 1. The van der Waals surface area contributed by atoms with Crippen molar-refractivity contribution in [1.29, 1.82) is 0 Å². The molecule has 1 aromatic carbocycles. The Hall–Kier alpha value is -2.90. The van der Waals surface area contributed by atoms with E-state index in [1.807, 2.05) is 0 Å². The molecular weight excluding hydrogens is 290 g/mol. The first-order chi connectivity index (χ1) is 10.5. The normalized spacial score (nSPS) is 12.2. The van der Waals surface area contributed by atoms with Crippen molar-refractivity contribution in [3.8, 4) is 0 Å². The number of rotatable bonds is 7. The summed E-state index contributed by atoms with van der Waals surface area (Å²) in [7, 11) is 0. The van der Waals surface area contributed by atoms with Crippen molar-refractivity contribution in [1.82, 2.24) is 10.6 Å². The lowest BCUT2D eigenvalue weighted by Gasteiger charge is -2.10. The maximum absolute atomic E-state index is 11.9. The zero-order valence-electron chi connectivity index (χ0n) is 12.2. The zero-order valence-corrected chi connectivity index (χ0v) is 12.2. The topological polar surface area (TPSA) is 111 Å². The smallest absolute Gasteiger partial charge is 0.339 e. The van der Waals surface area contributed by atoms with Crippen LogP contribution in [-0.4, -0.2) is 29.4 Å². The van der Waals surface area contributed by atoms with Gasteiger partial charge in [0.05, 0.1) is 18.4 Å². The summed E-state index contributed by atoms with van der Waals surface area (Å²) < 4.78 is 4.76. The quantitative estimate of drug-likeness (QED) is 0.442. The van der Waals surface area contributed by atoms with Crippen LogP contribution in [-0.2, 0) is 9.53 Å². The van der Waals surface area contributed by atoms with Crippen LogP contribution in [0.3, 0.4) is 0 Å². The highest BCUT2D eigenvalue weighted by atomic mass is 16.6. The molecule has 0 aliphatic heterocycles. The minimum atomic E-state index is -0.775. The molecule has 2 N–H and O–H groups in total. The van der Waals surface area contributed by atoms with E-state index in [-0.39, 0.29) is 12.2 Å². The van der Waals surface area contributed by atoms with Gasteiger partial charge in [0, 0.05) is 0 Å². The minimum absolute atomic E-state index is 0.210. The standard InChI is InChI=1S/C14H17N3O5/c1-3-22-14(19)10(2)15-9-12(17(20)21)16-13(18)11-7-5-4-6-8-11/h4-10,15H,3H2,1-2H3,(H,16,18)/b12-9+/t10-/m0/s1. The summed E-state index contributed by atoms with van der Waals surface area (Å²) in [5.41, 5.74) is 0.286. The summed E-state index contributed by atoms with van der Waals surface area (Å²) in [6.45, 7) is 3.36. The maximum Gasteiger partial charge on any atom is 0.339 e. The molecule has 1 atom stereocenters. The van der Waals surface area contributed by atoms with Crippen LogP contribution >= 0.6 is 0 Å². The lowest BCUT2D eigenvalue weighted by molar-refractivity contribution is -0.430. The van der Waals surface area contributed by atoms with Crippen LogP contribution in [0.5, 0.6) is 0 Å². The summed E-state index contributed by atoms with van der Waals surface area (Å²) in [4.78, 5) is 33.4. The van der Waals surface area contributed by atoms with Crippen LogP contribution < -0.4 is 10.6 Å². The molecule has 1 aromatic rings. The third-order valence-electron chi connectivity index (χ3n) is 2.58. The number of benzene rings is 1. The Kier molecular flexibility index (Phi) is 6.55. The molecule has 0 bridgehead atoms. The number of hydrogen-bond donors (Lipinski definition) is 2. The third kappa shape index (κ3) is 5.23. The number of nitrogens with zero attached hydrogens (tertiary/aromatic N) is 1. The van der Waals surface area contributed by atoms with Crippen molar-refractivity contribution in [3.05, 3.63) is 58.0 Å². The van der Waals surface area contributed by atoms with Gasteiger partial charge in [-0.25, -0.2) is 14.9 Å². The molecule has 8 heteroatoms. The minimum Gasteiger partial charge on any atom is -0.464 e. The number of carbonyl (C=O) groups is 2. The lowest BCUT2D eigenvalue weighted by Crippen LogP contribution is -2.35.